The molecule has 11 heteroatoms. The molecule has 2 aliphatic rings. The fraction of sp³-hybridized carbons (Fsp3) is 0.378. The van der Waals surface area contributed by atoms with Crippen molar-refractivity contribution in [3.63, 3.8) is 0 Å². The van der Waals surface area contributed by atoms with Crippen LogP contribution in [-0.4, -0.2) is 69.7 Å². The van der Waals surface area contributed by atoms with Crippen molar-refractivity contribution in [1.82, 2.24) is 14.8 Å². The van der Waals surface area contributed by atoms with E-state index >= 15 is 0 Å². The number of carbonyl (C=O) groups is 2. The Morgan fingerprint density at radius 3 is 2.41 bits per heavy atom. The van der Waals surface area contributed by atoms with E-state index in [0.717, 1.165) is 76.2 Å². The lowest BCUT2D eigenvalue weighted by Crippen LogP contribution is -2.38. The van der Waals surface area contributed by atoms with Gasteiger partial charge >= 0.3 is 11.9 Å². The van der Waals surface area contributed by atoms with Crippen molar-refractivity contribution < 1.29 is 34.0 Å². The highest BCUT2D eigenvalue weighted by molar-refractivity contribution is 5.74. The number of aromatic nitrogens is 1. The Morgan fingerprint density at radius 1 is 0.857 bits per heavy atom. The molecule has 0 radical (unpaired) electrons. The van der Waals surface area contributed by atoms with Crippen LogP contribution in [0.4, 0.5) is 0 Å². The van der Waals surface area contributed by atoms with Gasteiger partial charge in [0.05, 0.1) is 24.0 Å². The number of piperidine rings is 1. The minimum absolute atomic E-state index is 0.210. The summed E-state index contributed by atoms with van der Waals surface area (Å²) in [6.45, 7) is 10.3. The molecule has 0 bridgehead atoms. The fourth-order valence-electron chi connectivity index (χ4n) is 7.51. The van der Waals surface area contributed by atoms with Gasteiger partial charge in [-0.3, -0.25) is 19.5 Å². The van der Waals surface area contributed by atoms with Crippen LogP contribution in [-0.2, 0) is 29.3 Å². The van der Waals surface area contributed by atoms with E-state index in [4.69, 9.17) is 14.2 Å². The Morgan fingerprint density at radius 2 is 1.62 bits per heavy atom. The molecular weight excluding hydrogens is 709 g/mol. The number of likely N-dealkylation sites (tertiary alicyclic amines) is 1. The molecule has 11 nitrogen and oxygen atoms in total. The average molecular weight is 759 g/mol. The van der Waals surface area contributed by atoms with Gasteiger partial charge in [0.25, 0.3) is 0 Å². The Bertz CT molecular complexity index is 2110. The maximum Gasteiger partial charge on any atom is 0.308 e. The smallest absolute Gasteiger partial charge is 0.308 e. The third kappa shape index (κ3) is 10.1. The first-order valence-corrected chi connectivity index (χ1v) is 19.2. The lowest BCUT2D eigenvalue weighted by atomic mass is 9.93. The molecule has 2 N–H and O–H groups in total. The Balaban J connectivity index is 1.15. The highest BCUT2D eigenvalue weighted by Crippen LogP contribution is 2.35. The van der Waals surface area contributed by atoms with Crippen LogP contribution in [0, 0.1) is 43.9 Å². The zero-order chi connectivity index (χ0) is 39.6. The van der Waals surface area contributed by atoms with Gasteiger partial charge in [-0.25, -0.2) is 0 Å². The van der Waals surface area contributed by atoms with E-state index in [1.807, 2.05) is 43.5 Å². The van der Waals surface area contributed by atoms with Crippen LogP contribution in [0.15, 0.2) is 79.3 Å². The van der Waals surface area contributed by atoms with E-state index in [-0.39, 0.29) is 12.5 Å². The van der Waals surface area contributed by atoms with Gasteiger partial charge in [0.15, 0.2) is 0 Å². The average Bonchev–Trinajstić information content (AvgIpc) is 3.20. The number of allylic oxidation sites excluding steroid dienone is 1. The lowest BCUT2D eigenvalue weighted by molar-refractivity contribution is -0.144. The van der Waals surface area contributed by atoms with Crippen molar-refractivity contribution in [3.05, 3.63) is 118 Å². The molecule has 3 aromatic carbocycles. The SMILES string of the molecule is Cc1cc(CN2CCCC(C(=O)O)C2)c(OCc2cncc(C#N)c2)cc1OCc1cccc(-c2cccc(OCCCN3C=CC[C@H](C(=O)O)C3)c2C)c1C. The van der Waals surface area contributed by atoms with E-state index in [1.165, 1.54) is 6.20 Å². The quantitative estimate of drug-likeness (QED) is 0.109. The molecule has 0 saturated carbocycles. The Labute approximate surface area is 328 Å². The van der Waals surface area contributed by atoms with Crippen LogP contribution < -0.4 is 14.2 Å². The van der Waals surface area contributed by atoms with Crippen LogP contribution in [0.25, 0.3) is 11.1 Å². The molecule has 3 heterocycles. The largest absolute Gasteiger partial charge is 0.493 e. The van der Waals surface area contributed by atoms with Crippen LogP contribution in [0.5, 0.6) is 17.2 Å². The minimum atomic E-state index is -0.761. The van der Waals surface area contributed by atoms with Crippen LogP contribution in [0.2, 0.25) is 0 Å². The maximum absolute atomic E-state index is 11.8. The summed E-state index contributed by atoms with van der Waals surface area (Å²) in [5.74, 6) is -0.126. The van der Waals surface area contributed by atoms with Gasteiger partial charge < -0.3 is 29.3 Å². The number of ether oxygens (including phenoxy) is 3. The number of rotatable bonds is 16. The molecule has 1 saturated heterocycles. The molecule has 6 rings (SSSR count). The van der Waals surface area contributed by atoms with Gasteiger partial charge in [-0.2, -0.15) is 5.26 Å². The van der Waals surface area contributed by atoms with E-state index in [1.54, 1.807) is 12.3 Å². The van der Waals surface area contributed by atoms with Crippen molar-refractivity contribution >= 4 is 11.9 Å². The van der Waals surface area contributed by atoms with Crippen molar-refractivity contribution in [1.29, 1.82) is 5.26 Å². The summed E-state index contributed by atoms with van der Waals surface area (Å²) >= 11 is 0. The van der Waals surface area contributed by atoms with E-state index < -0.39 is 17.9 Å². The van der Waals surface area contributed by atoms with Crippen LogP contribution in [0.3, 0.4) is 0 Å². The van der Waals surface area contributed by atoms with Gasteiger partial charge in [-0.1, -0.05) is 36.4 Å². The molecule has 2 atom stereocenters. The molecule has 1 unspecified atom stereocenters. The second-order valence-corrected chi connectivity index (χ2v) is 14.8. The number of nitrogens with zero attached hydrogens (tertiary/aromatic N) is 4. The molecule has 0 aliphatic carbocycles. The normalized spacial score (nSPS) is 16.9. The molecule has 1 fully saturated rings. The van der Waals surface area contributed by atoms with Crippen molar-refractivity contribution in [2.45, 2.75) is 66.2 Å². The van der Waals surface area contributed by atoms with Gasteiger partial charge in [0, 0.05) is 55.8 Å². The lowest BCUT2D eigenvalue weighted by Gasteiger charge is -2.31. The Hall–Kier alpha value is -5.86. The molecule has 0 amide bonds. The third-order valence-corrected chi connectivity index (χ3v) is 10.7. The second kappa shape index (κ2) is 18.7. The Kier molecular flexibility index (Phi) is 13.3. The zero-order valence-electron chi connectivity index (χ0n) is 32.4. The number of nitriles is 1. The van der Waals surface area contributed by atoms with E-state index in [9.17, 15) is 25.1 Å². The number of benzene rings is 3. The van der Waals surface area contributed by atoms with E-state index in [0.29, 0.717) is 62.8 Å². The van der Waals surface area contributed by atoms with Gasteiger partial charge in [0.1, 0.15) is 36.5 Å². The molecule has 56 heavy (non-hydrogen) atoms. The predicted molar refractivity (Wildman–Crippen MR) is 212 cm³/mol. The molecule has 0 spiro atoms. The summed E-state index contributed by atoms with van der Waals surface area (Å²) < 4.78 is 19.1. The first-order chi connectivity index (χ1) is 27.1. The monoisotopic (exact) mass is 758 g/mol. The van der Waals surface area contributed by atoms with Crippen molar-refractivity contribution in [3.8, 4) is 34.4 Å². The summed E-state index contributed by atoms with van der Waals surface area (Å²) in [4.78, 5) is 31.6. The predicted octanol–water partition coefficient (Wildman–Crippen LogP) is 7.69. The summed E-state index contributed by atoms with van der Waals surface area (Å²) in [5, 5.41) is 28.4. The fourth-order valence-corrected chi connectivity index (χ4v) is 7.51. The highest BCUT2D eigenvalue weighted by Gasteiger charge is 2.26. The topological polar surface area (TPSA) is 145 Å². The highest BCUT2D eigenvalue weighted by atomic mass is 16.5. The summed E-state index contributed by atoms with van der Waals surface area (Å²) in [5.41, 5.74) is 8.48. The number of aryl methyl sites for hydroxylation is 1. The standard InChI is InChI=1S/C45H50N4O7/c1-30-19-38(27-49-16-7-11-36(26-49)45(52)53)43(55-28-34-20-33(22-46)23-47-24-34)21-42(30)56-29-37-9-4-12-39(31(37)2)40-13-5-14-41(32(40)3)54-18-8-17-48-15-6-10-35(25-48)44(50)51/h4-6,9,12-15,19-21,23-24,35-36H,7-8,10-11,16-18,25-29H2,1-3H3,(H,50,51)(H,52,53)/t35-,36?/m0/s1. The number of hydrogen-bond acceptors (Lipinski definition) is 9. The number of pyridine rings is 1. The maximum atomic E-state index is 11.8. The van der Waals surface area contributed by atoms with Crippen molar-refractivity contribution in [2.75, 3.05) is 32.8 Å². The van der Waals surface area contributed by atoms with Crippen LogP contribution in [0.1, 0.15) is 64.6 Å². The van der Waals surface area contributed by atoms with Gasteiger partial charge in [-0.15, -0.1) is 0 Å². The third-order valence-electron chi connectivity index (χ3n) is 10.7. The number of carboxylic acid groups (broad SMARTS) is 2. The minimum Gasteiger partial charge on any atom is -0.493 e. The molecular formula is C45H50N4O7. The summed E-state index contributed by atoms with van der Waals surface area (Å²) in [6, 6.07) is 20.2. The summed E-state index contributed by atoms with van der Waals surface area (Å²) in [7, 11) is 0. The number of aliphatic carboxylic acids is 2. The molecule has 1 aromatic heterocycles. The molecule has 4 aromatic rings. The number of hydrogen-bond donors (Lipinski definition) is 2. The summed E-state index contributed by atoms with van der Waals surface area (Å²) in [6.07, 6.45) is 9.96. The number of carboxylic acids is 2. The van der Waals surface area contributed by atoms with Crippen LogP contribution >= 0.6 is 0 Å². The first-order valence-electron chi connectivity index (χ1n) is 19.2. The molecule has 292 valence electrons. The zero-order valence-corrected chi connectivity index (χ0v) is 32.4. The van der Waals surface area contributed by atoms with E-state index in [2.05, 4.69) is 59.0 Å². The first kappa shape index (κ1) is 39.8. The van der Waals surface area contributed by atoms with Crippen molar-refractivity contribution in [2.24, 2.45) is 11.8 Å². The second-order valence-electron chi connectivity index (χ2n) is 14.8. The molecule has 2 aliphatic heterocycles. The van der Waals surface area contributed by atoms with Gasteiger partial charge in [-0.05, 0) is 111 Å². The van der Waals surface area contributed by atoms with Gasteiger partial charge in [0.2, 0.25) is 0 Å².